The molecular weight excluding hydrogens is 228 g/mol. The molecule has 0 aliphatic carbocycles. The van der Waals surface area contributed by atoms with E-state index in [1.807, 2.05) is 0 Å². The average molecular weight is 252 g/mol. The van der Waals surface area contributed by atoms with Crippen molar-refractivity contribution in [2.24, 2.45) is 10.2 Å². The maximum Gasteiger partial charge on any atom is 0.0257 e. The van der Waals surface area contributed by atoms with Gasteiger partial charge in [-0.2, -0.15) is 0 Å². The van der Waals surface area contributed by atoms with Gasteiger partial charge < -0.3 is 0 Å². The van der Waals surface area contributed by atoms with E-state index in [0.29, 0.717) is 13.1 Å². The topological polar surface area (TPSA) is 97.5 Å². The van der Waals surface area contributed by atoms with Crippen LogP contribution in [0.4, 0.5) is 0 Å². The summed E-state index contributed by atoms with van der Waals surface area (Å²) >= 11 is 0. The smallest absolute Gasteiger partial charge is 0.0257 e. The minimum atomic E-state index is 0.641. The highest BCUT2D eigenvalue weighted by Gasteiger charge is 1.92. The van der Waals surface area contributed by atoms with Crippen molar-refractivity contribution in [2.75, 3.05) is 13.1 Å². The van der Waals surface area contributed by atoms with Gasteiger partial charge >= 0.3 is 0 Å². The minimum absolute atomic E-state index is 0.641. The van der Waals surface area contributed by atoms with Crippen molar-refractivity contribution in [3.05, 3.63) is 20.9 Å². The first-order valence-corrected chi connectivity index (χ1v) is 6.93. The Hall–Kier alpha value is -1.38. The predicted octanol–water partition coefficient (Wildman–Crippen LogP) is 5.51. The van der Waals surface area contributed by atoms with E-state index in [2.05, 4.69) is 20.1 Å². The lowest BCUT2D eigenvalue weighted by molar-refractivity contribution is 0.554. The fourth-order valence-corrected chi connectivity index (χ4v) is 1.87. The highest BCUT2D eigenvalue weighted by molar-refractivity contribution is 4.51. The van der Waals surface area contributed by atoms with Crippen LogP contribution in [-0.4, -0.2) is 13.1 Å². The van der Waals surface area contributed by atoms with Gasteiger partial charge in [-0.15, -0.1) is 0 Å². The zero-order valence-electron chi connectivity index (χ0n) is 11.2. The molecule has 18 heavy (non-hydrogen) atoms. The van der Waals surface area contributed by atoms with Crippen LogP contribution in [0.1, 0.15) is 64.2 Å². The summed E-state index contributed by atoms with van der Waals surface area (Å²) in [6, 6.07) is 0. The van der Waals surface area contributed by atoms with Crippen molar-refractivity contribution >= 4 is 0 Å². The Labute approximate surface area is 109 Å². The molecule has 0 radical (unpaired) electrons. The monoisotopic (exact) mass is 252 g/mol. The highest BCUT2D eigenvalue weighted by Crippen LogP contribution is 2.10. The van der Waals surface area contributed by atoms with E-state index in [0.717, 1.165) is 12.8 Å². The lowest BCUT2D eigenvalue weighted by Gasteiger charge is -2.01. The molecule has 0 amide bonds. The summed E-state index contributed by atoms with van der Waals surface area (Å²) in [6.45, 7) is 1.28. The second-order valence-electron chi connectivity index (χ2n) is 4.44. The third-order valence-electron chi connectivity index (χ3n) is 2.89. The molecule has 0 spiro atoms. The third-order valence-corrected chi connectivity index (χ3v) is 2.89. The van der Waals surface area contributed by atoms with Gasteiger partial charge in [0.1, 0.15) is 0 Å². The van der Waals surface area contributed by atoms with Gasteiger partial charge in [0, 0.05) is 22.9 Å². The molecule has 102 valence electrons. The maximum atomic E-state index is 8.09. The van der Waals surface area contributed by atoms with Crippen LogP contribution < -0.4 is 0 Å². The van der Waals surface area contributed by atoms with Crippen LogP contribution in [-0.2, 0) is 0 Å². The van der Waals surface area contributed by atoms with Crippen LogP contribution in [0.25, 0.3) is 20.9 Å². The van der Waals surface area contributed by atoms with Gasteiger partial charge in [0.15, 0.2) is 0 Å². The molecule has 0 aromatic rings. The van der Waals surface area contributed by atoms with Crippen molar-refractivity contribution in [1.82, 2.24) is 0 Å². The second kappa shape index (κ2) is 15.6. The fourth-order valence-electron chi connectivity index (χ4n) is 1.87. The van der Waals surface area contributed by atoms with Crippen LogP contribution in [0.2, 0.25) is 0 Å². The quantitative estimate of drug-likeness (QED) is 0.179. The summed E-state index contributed by atoms with van der Waals surface area (Å²) in [6.07, 6.45) is 12.1. The Morgan fingerprint density at radius 1 is 0.500 bits per heavy atom. The van der Waals surface area contributed by atoms with Gasteiger partial charge in [0.25, 0.3) is 0 Å². The Morgan fingerprint density at radius 2 is 0.778 bits per heavy atom. The summed E-state index contributed by atoms with van der Waals surface area (Å²) in [5, 5.41) is 7.02. The molecule has 0 rings (SSSR count). The van der Waals surface area contributed by atoms with Gasteiger partial charge in [-0.05, 0) is 23.9 Å². The van der Waals surface area contributed by atoms with E-state index in [1.54, 1.807) is 0 Å². The van der Waals surface area contributed by atoms with Crippen molar-refractivity contribution in [2.45, 2.75) is 64.2 Å². The SMILES string of the molecule is [N-]=[N+]=NCCCCCCCCCCCCN=[N+]=[N-]. The zero-order chi connectivity index (χ0) is 13.3. The normalized spacial score (nSPS) is 9.56. The second-order valence-corrected chi connectivity index (χ2v) is 4.44. The van der Waals surface area contributed by atoms with Gasteiger partial charge in [-0.1, -0.05) is 61.6 Å². The molecule has 0 atom stereocenters. The summed E-state index contributed by atoms with van der Waals surface area (Å²) in [4.78, 5) is 5.46. The van der Waals surface area contributed by atoms with Crippen LogP contribution in [0, 0.1) is 0 Å². The largest absolute Gasteiger partial charge is 0.0940 e. The molecule has 0 saturated heterocycles. The summed E-state index contributed by atoms with van der Waals surface area (Å²) < 4.78 is 0. The Bertz CT molecular complexity index is 238. The Morgan fingerprint density at radius 3 is 1.06 bits per heavy atom. The third kappa shape index (κ3) is 14.6. The highest BCUT2D eigenvalue weighted by atomic mass is 15.1. The van der Waals surface area contributed by atoms with Gasteiger partial charge in [-0.3, -0.25) is 0 Å². The van der Waals surface area contributed by atoms with E-state index in [9.17, 15) is 0 Å². The fraction of sp³-hybridized carbons (Fsp3) is 1.00. The number of rotatable bonds is 13. The van der Waals surface area contributed by atoms with Crippen molar-refractivity contribution < 1.29 is 0 Å². The van der Waals surface area contributed by atoms with Crippen molar-refractivity contribution in [3.8, 4) is 0 Å². The molecule has 0 aromatic heterocycles. The molecular formula is C12H24N6. The summed E-state index contributed by atoms with van der Waals surface area (Å²) in [7, 11) is 0. The zero-order valence-corrected chi connectivity index (χ0v) is 11.2. The number of hydrogen-bond acceptors (Lipinski definition) is 2. The molecule has 0 bridgehead atoms. The summed E-state index contributed by atoms with van der Waals surface area (Å²) in [5.41, 5.74) is 16.2. The molecule has 0 aliphatic heterocycles. The standard InChI is InChI=1S/C12H24N6/c13-17-15-11-9-7-5-3-1-2-4-6-8-10-12-16-18-14/h1-12H2. The van der Waals surface area contributed by atoms with E-state index in [-0.39, 0.29) is 0 Å². The molecule has 6 nitrogen and oxygen atoms in total. The van der Waals surface area contributed by atoms with Crippen molar-refractivity contribution in [1.29, 1.82) is 0 Å². The van der Waals surface area contributed by atoms with Crippen LogP contribution >= 0.6 is 0 Å². The maximum absolute atomic E-state index is 8.09. The van der Waals surface area contributed by atoms with E-state index in [4.69, 9.17) is 11.1 Å². The number of azide groups is 2. The molecule has 0 saturated carbocycles. The first kappa shape index (κ1) is 16.6. The molecule has 0 unspecified atom stereocenters. The number of nitrogens with zero attached hydrogens (tertiary/aromatic N) is 6. The predicted molar refractivity (Wildman–Crippen MR) is 74.2 cm³/mol. The first-order chi connectivity index (χ1) is 8.91. The van der Waals surface area contributed by atoms with E-state index in [1.165, 1.54) is 51.4 Å². The van der Waals surface area contributed by atoms with Crippen LogP contribution in [0.3, 0.4) is 0 Å². The molecule has 0 aromatic carbocycles. The van der Waals surface area contributed by atoms with Gasteiger partial charge in [0.2, 0.25) is 0 Å². The number of unbranched alkanes of at least 4 members (excludes halogenated alkanes) is 9. The molecule has 0 heterocycles. The molecule has 6 heteroatoms. The molecule has 0 N–H and O–H groups in total. The lowest BCUT2D eigenvalue weighted by Crippen LogP contribution is -1.84. The average Bonchev–Trinajstić information content (AvgIpc) is 2.39. The van der Waals surface area contributed by atoms with Gasteiger partial charge in [0.05, 0.1) is 0 Å². The van der Waals surface area contributed by atoms with Gasteiger partial charge in [-0.25, -0.2) is 0 Å². The first-order valence-electron chi connectivity index (χ1n) is 6.93. The van der Waals surface area contributed by atoms with E-state index < -0.39 is 0 Å². The number of hydrogen-bond donors (Lipinski definition) is 0. The van der Waals surface area contributed by atoms with Crippen LogP contribution in [0.15, 0.2) is 10.2 Å². The Kier molecular flexibility index (Phi) is 14.4. The minimum Gasteiger partial charge on any atom is -0.0940 e. The summed E-state index contributed by atoms with van der Waals surface area (Å²) in [5.74, 6) is 0. The molecule has 0 aliphatic rings. The van der Waals surface area contributed by atoms with Crippen LogP contribution in [0.5, 0.6) is 0 Å². The molecule has 0 fully saturated rings. The van der Waals surface area contributed by atoms with E-state index >= 15 is 0 Å². The Balaban J connectivity index is 2.98. The lowest BCUT2D eigenvalue weighted by atomic mass is 10.1. The van der Waals surface area contributed by atoms with Crippen molar-refractivity contribution in [3.63, 3.8) is 0 Å².